The quantitative estimate of drug-likeness (QED) is 0.901. The van der Waals surface area contributed by atoms with Gasteiger partial charge in [0.25, 0.3) is 0 Å². The maximum atomic E-state index is 11.1. The Balaban J connectivity index is 1.98. The van der Waals surface area contributed by atoms with Crippen molar-refractivity contribution in [1.82, 2.24) is 20.2 Å². The third kappa shape index (κ3) is 2.54. The lowest BCUT2D eigenvalue weighted by atomic mass is 10.1. The fraction of sp³-hybridized carbons (Fsp3) is 0.429. The van der Waals surface area contributed by atoms with Crippen molar-refractivity contribution < 1.29 is 9.90 Å². The molecule has 3 rings (SSSR count). The van der Waals surface area contributed by atoms with Crippen molar-refractivity contribution >= 4 is 5.97 Å². The molecule has 104 valence electrons. The molecule has 1 heterocycles. The largest absolute Gasteiger partial charge is 0.481 e. The van der Waals surface area contributed by atoms with Gasteiger partial charge in [-0.3, -0.25) is 4.79 Å². The zero-order chi connectivity index (χ0) is 14.1. The van der Waals surface area contributed by atoms with E-state index in [1.54, 1.807) is 4.68 Å². The zero-order valence-corrected chi connectivity index (χ0v) is 11.2. The van der Waals surface area contributed by atoms with E-state index in [-0.39, 0.29) is 12.5 Å². The van der Waals surface area contributed by atoms with Crippen LogP contribution in [0.4, 0.5) is 0 Å². The van der Waals surface area contributed by atoms with Gasteiger partial charge in [0, 0.05) is 5.56 Å². The van der Waals surface area contributed by atoms with Crippen molar-refractivity contribution in [3.8, 4) is 11.4 Å². The number of aromatic nitrogens is 4. The van der Waals surface area contributed by atoms with Crippen LogP contribution in [0.25, 0.3) is 11.4 Å². The lowest BCUT2D eigenvalue weighted by Crippen LogP contribution is -2.18. The number of rotatable bonds is 5. The Morgan fingerprint density at radius 1 is 1.50 bits per heavy atom. The second-order valence-electron chi connectivity index (χ2n) is 5.32. The lowest BCUT2D eigenvalue weighted by molar-refractivity contribution is -0.138. The van der Waals surface area contributed by atoms with E-state index in [9.17, 15) is 4.79 Å². The number of aliphatic carboxylic acids is 1. The van der Waals surface area contributed by atoms with E-state index in [0.29, 0.717) is 11.7 Å². The molecule has 6 nitrogen and oxygen atoms in total. The average molecular weight is 272 g/mol. The maximum Gasteiger partial charge on any atom is 0.305 e. The SMILES string of the molecule is Cc1cccc(-c2nnnn2C(CC(=O)O)C2CC2)c1. The molecule has 1 unspecified atom stereocenters. The first-order chi connectivity index (χ1) is 9.65. The van der Waals surface area contributed by atoms with Crippen LogP contribution in [-0.4, -0.2) is 31.3 Å². The minimum atomic E-state index is -0.812. The topological polar surface area (TPSA) is 80.9 Å². The summed E-state index contributed by atoms with van der Waals surface area (Å²) in [6, 6.07) is 7.76. The minimum Gasteiger partial charge on any atom is -0.481 e. The van der Waals surface area contributed by atoms with E-state index >= 15 is 0 Å². The molecular formula is C14H16N4O2. The molecule has 2 aromatic rings. The normalized spacial score (nSPS) is 16.1. The summed E-state index contributed by atoms with van der Waals surface area (Å²) in [5.41, 5.74) is 2.05. The molecular weight excluding hydrogens is 256 g/mol. The number of hydrogen-bond donors (Lipinski definition) is 1. The van der Waals surface area contributed by atoms with Crippen LogP contribution in [-0.2, 0) is 4.79 Å². The number of hydrogen-bond acceptors (Lipinski definition) is 4. The summed E-state index contributed by atoms with van der Waals surface area (Å²) in [4.78, 5) is 11.1. The highest BCUT2D eigenvalue weighted by molar-refractivity contribution is 5.67. The number of tetrazole rings is 1. The molecule has 20 heavy (non-hydrogen) atoms. The van der Waals surface area contributed by atoms with E-state index in [1.807, 2.05) is 31.2 Å². The van der Waals surface area contributed by atoms with Crippen LogP contribution in [0.1, 0.15) is 30.9 Å². The van der Waals surface area contributed by atoms with Crippen LogP contribution in [0.5, 0.6) is 0 Å². The predicted octanol–water partition coefficient (Wildman–Crippen LogP) is 2.07. The molecule has 0 amide bonds. The Hall–Kier alpha value is -2.24. The molecule has 1 N–H and O–H groups in total. The van der Waals surface area contributed by atoms with Crippen LogP contribution in [0.2, 0.25) is 0 Å². The summed E-state index contributed by atoms with van der Waals surface area (Å²) in [7, 11) is 0. The van der Waals surface area contributed by atoms with Gasteiger partial charge < -0.3 is 5.11 Å². The monoisotopic (exact) mass is 272 g/mol. The molecule has 0 bridgehead atoms. The Labute approximate surface area is 116 Å². The van der Waals surface area contributed by atoms with Gasteiger partial charge in [0.1, 0.15) is 0 Å². The van der Waals surface area contributed by atoms with Crippen LogP contribution in [0.15, 0.2) is 24.3 Å². The van der Waals surface area contributed by atoms with Gasteiger partial charge in [-0.25, -0.2) is 4.68 Å². The number of aryl methyl sites for hydroxylation is 1. The van der Waals surface area contributed by atoms with Crippen molar-refractivity contribution in [2.75, 3.05) is 0 Å². The fourth-order valence-corrected chi connectivity index (χ4v) is 2.50. The van der Waals surface area contributed by atoms with Crippen LogP contribution in [0.3, 0.4) is 0 Å². The first-order valence-corrected chi connectivity index (χ1v) is 6.72. The van der Waals surface area contributed by atoms with Crippen molar-refractivity contribution in [2.45, 2.75) is 32.2 Å². The van der Waals surface area contributed by atoms with Crippen LogP contribution in [0, 0.1) is 12.8 Å². The number of carboxylic acid groups (broad SMARTS) is 1. The highest BCUT2D eigenvalue weighted by atomic mass is 16.4. The summed E-state index contributed by atoms with van der Waals surface area (Å²) in [6.07, 6.45) is 2.16. The number of carboxylic acids is 1. The molecule has 0 radical (unpaired) electrons. The Morgan fingerprint density at radius 2 is 2.30 bits per heavy atom. The maximum absolute atomic E-state index is 11.1. The molecule has 1 saturated carbocycles. The van der Waals surface area contributed by atoms with Gasteiger partial charge in [0.05, 0.1) is 12.5 Å². The third-order valence-corrected chi connectivity index (χ3v) is 3.63. The van der Waals surface area contributed by atoms with E-state index < -0.39 is 5.97 Å². The van der Waals surface area contributed by atoms with Crippen molar-refractivity contribution in [3.05, 3.63) is 29.8 Å². The van der Waals surface area contributed by atoms with Crippen LogP contribution < -0.4 is 0 Å². The highest BCUT2D eigenvalue weighted by Crippen LogP contribution is 2.42. The Bertz CT molecular complexity index is 634. The summed E-state index contributed by atoms with van der Waals surface area (Å²) >= 11 is 0. The molecule has 1 atom stereocenters. The molecule has 1 aliphatic rings. The number of benzene rings is 1. The average Bonchev–Trinajstić information content (AvgIpc) is 3.12. The molecule has 1 aromatic heterocycles. The highest BCUT2D eigenvalue weighted by Gasteiger charge is 2.36. The smallest absolute Gasteiger partial charge is 0.305 e. The second kappa shape index (κ2) is 5.03. The van der Waals surface area contributed by atoms with Crippen molar-refractivity contribution in [1.29, 1.82) is 0 Å². The molecule has 0 spiro atoms. The van der Waals surface area contributed by atoms with E-state index in [1.165, 1.54) is 0 Å². The predicted molar refractivity (Wildman–Crippen MR) is 72.0 cm³/mol. The zero-order valence-electron chi connectivity index (χ0n) is 11.2. The number of carbonyl (C=O) groups is 1. The summed E-state index contributed by atoms with van der Waals surface area (Å²) in [5, 5.41) is 20.9. The van der Waals surface area contributed by atoms with Crippen LogP contribution >= 0.6 is 0 Å². The first kappa shape index (κ1) is 12.8. The number of nitrogens with zero attached hydrogens (tertiary/aromatic N) is 4. The van der Waals surface area contributed by atoms with Gasteiger partial charge in [0.15, 0.2) is 5.82 Å². The summed E-state index contributed by atoms with van der Waals surface area (Å²) in [6.45, 7) is 2.01. The minimum absolute atomic E-state index is 0.0640. The van der Waals surface area contributed by atoms with E-state index in [0.717, 1.165) is 24.0 Å². The molecule has 1 aliphatic carbocycles. The van der Waals surface area contributed by atoms with Gasteiger partial charge in [-0.2, -0.15) is 0 Å². The molecule has 0 aliphatic heterocycles. The van der Waals surface area contributed by atoms with E-state index in [4.69, 9.17) is 5.11 Å². The molecule has 6 heteroatoms. The van der Waals surface area contributed by atoms with Gasteiger partial charge in [0.2, 0.25) is 0 Å². The fourth-order valence-electron chi connectivity index (χ4n) is 2.50. The molecule has 0 saturated heterocycles. The second-order valence-corrected chi connectivity index (χ2v) is 5.32. The molecule has 1 aromatic carbocycles. The van der Waals surface area contributed by atoms with Gasteiger partial charge in [-0.05, 0) is 42.2 Å². The summed E-state index contributed by atoms with van der Waals surface area (Å²) in [5.74, 6) is 0.206. The summed E-state index contributed by atoms with van der Waals surface area (Å²) < 4.78 is 1.68. The van der Waals surface area contributed by atoms with E-state index in [2.05, 4.69) is 15.5 Å². The van der Waals surface area contributed by atoms with Gasteiger partial charge >= 0.3 is 5.97 Å². The Morgan fingerprint density at radius 3 is 2.95 bits per heavy atom. The van der Waals surface area contributed by atoms with Crippen molar-refractivity contribution in [3.63, 3.8) is 0 Å². The lowest BCUT2D eigenvalue weighted by Gasteiger charge is -2.15. The molecule has 1 fully saturated rings. The standard InChI is InChI=1S/C14H16N4O2/c1-9-3-2-4-11(7-9)14-15-16-17-18(14)12(8-13(19)20)10-5-6-10/h2-4,7,10,12H,5-6,8H2,1H3,(H,19,20). The van der Waals surface area contributed by atoms with Gasteiger partial charge in [-0.1, -0.05) is 23.8 Å². The third-order valence-electron chi connectivity index (χ3n) is 3.63. The first-order valence-electron chi connectivity index (χ1n) is 6.72. The van der Waals surface area contributed by atoms with Gasteiger partial charge in [-0.15, -0.1) is 5.10 Å². The van der Waals surface area contributed by atoms with Crippen molar-refractivity contribution in [2.24, 2.45) is 5.92 Å². The Kier molecular flexibility index (Phi) is 3.22.